The third-order valence-electron chi connectivity index (χ3n) is 16.6. The van der Waals surface area contributed by atoms with Gasteiger partial charge >= 0.3 is 0 Å². The maximum Gasteiger partial charge on any atom is 0.0726 e. The minimum atomic E-state index is -0.527. The van der Waals surface area contributed by atoms with Crippen LogP contribution in [0.2, 0.25) is 0 Å². The van der Waals surface area contributed by atoms with Crippen LogP contribution in [0.3, 0.4) is 0 Å². The quantitative estimate of drug-likeness (QED) is 0.155. The molecule has 0 saturated carbocycles. The summed E-state index contributed by atoms with van der Waals surface area (Å²) < 4.78 is 0. The average molecular weight is 936 g/mol. The lowest BCUT2D eigenvalue weighted by molar-refractivity contribution is 0.794. The van der Waals surface area contributed by atoms with E-state index in [1.165, 1.54) is 126 Å². The Morgan fingerprint density at radius 1 is 0.216 bits per heavy atom. The lowest BCUT2D eigenvalue weighted by atomic mass is 9.70. The van der Waals surface area contributed by atoms with Crippen LogP contribution in [-0.2, 0) is 5.41 Å². The van der Waals surface area contributed by atoms with Gasteiger partial charge in [-0.3, -0.25) is 0 Å². The summed E-state index contributed by atoms with van der Waals surface area (Å²) in [5, 5.41) is 15.0. The maximum absolute atomic E-state index is 2.58. The Balaban J connectivity index is 0.994. The minimum absolute atomic E-state index is 0.527. The Morgan fingerprint density at radius 3 is 1.34 bits per heavy atom. The molecule has 0 N–H and O–H groups in total. The Labute approximate surface area is 429 Å². The molecular weight excluding hydrogens is 891 g/mol. The van der Waals surface area contributed by atoms with Crippen molar-refractivity contribution in [2.75, 3.05) is 4.90 Å². The molecule has 0 heterocycles. The van der Waals surface area contributed by atoms with Gasteiger partial charge in [-0.1, -0.05) is 237 Å². The standard InChI is InChI=1S/C73H45N/c1-3-19-53-48(17-1)36-37-51-42-50(38-40-54(51)53)46-32-34-49(35-33-46)64-44-66-63-27-11-14-30-69(63)73(67-28-12-9-25-61(67)62-26-10-13-29-68(62)73)70(66)45-72(64)74(71-31-15-18-47-16-2-4-20-55(47)71)52-39-41-60-58-23-6-5-21-56(58)57-22-7-8-24-59(57)65(60)43-52/h1-45H. The summed E-state index contributed by atoms with van der Waals surface area (Å²) in [7, 11) is 0. The fourth-order valence-corrected chi connectivity index (χ4v) is 13.4. The van der Waals surface area contributed by atoms with Crippen LogP contribution in [0.4, 0.5) is 17.1 Å². The summed E-state index contributed by atoms with van der Waals surface area (Å²) in [5.74, 6) is 0. The number of hydrogen-bond acceptors (Lipinski definition) is 1. The summed E-state index contributed by atoms with van der Waals surface area (Å²) in [6, 6.07) is 103. The summed E-state index contributed by atoms with van der Waals surface area (Å²) in [6.45, 7) is 0. The highest BCUT2D eigenvalue weighted by molar-refractivity contribution is 6.26. The van der Waals surface area contributed by atoms with Crippen LogP contribution >= 0.6 is 0 Å². The molecule has 0 aliphatic heterocycles. The Hall–Kier alpha value is -9.56. The van der Waals surface area contributed by atoms with Crippen LogP contribution in [0.25, 0.3) is 109 Å². The Bertz CT molecular complexity index is 4590. The van der Waals surface area contributed by atoms with E-state index in [1.807, 2.05) is 0 Å². The highest BCUT2D eigenvalue weighted by Crippen LogP contribution is 2.64. The molecule has 1 heteroatoms. The minimum Gasteiger partial charge on any atom is -0.309 e. The van der Waals surface area contributed by atoms with Gasteiger partial charge in [0, 0.05) is 16.6 Å². The van der Waals surface area contributed by atoms with Gasteiger partial charge < -0.3 is 4.90 Å². The van der Waals surface area contributed by atoms with Crippen molar-refractivity contribution in [3.05, 3.63) is 295 Å². The molecule has 342 valence electrons. The predicted octanol–water partition coefficient (Wildman–Crippen LogP) is 19.8. The summed E-state index contributed by atoms with van der Waals surface area (Å²) in [5.41, 5.74) is 18.0. The molecule has 0 amide bonds. The molecule has 0 radical (unpaired) electrons. The Morgan fingerprint density at radius 2 is 0.676 bits per heavy atom. The van der Waals surface area contributed by atoms with Gasteiger partial charge in [0.15, 0.2) is 0 Å². The fourth-order valence-electron chi connectivity index (χ4n) is 13.4. The second-order valence-electron chi connectivity index (χ2n) is 20.3. The molecular formula is C73H45N. The van der Waals surface area contributed by atoms with Crippen LogP contribution in [0.1, 0.15) is 22.3 Å². The molecule has 1 spiro atoms. The first-order chi connectivity index (χ1) is 36.7. The zero-order valence-electron chi connectivity index (χ0n) is 40.4. The summed E-state index contributed by atoms with van der Waals surface area (Å²) >= 11 is 0. The average Bonchev–Trinajstić information content (AvgIpc) is 4.11. The zero-order valence-corrected chi connectivity index (χ0v) is 40.4. The molecule has 0 atom stereocenters. The van der Waals surface area contributed by atoms with E-state index in [2.05, 4.69) is 278 Å². The van der Waals surface area contributed by atoms with Crippen molar-refractivity contribution in [1.82, 2.24) is 0 Å². The molecule has 74 heavy (non-hydrogen) atoms. The van der Waals surface area contributed by atoms with Gasteiger partial charge in [0.05, 0.1) is 16.8 Å². The van der Waals surface area contributed by atoms with Crippen molar-refractivity contribution in [3.63, 3.8) is 0 Å². The number of nitrogens with zero attached hydrogens (tertiary/aromatic N) is 1. The van der Waals surface area contributed by atoms with Gasteiger partial charge in [-0.15, -0.1) is 0 Å². The van der Waals surface area contributed by atoms with Crippen LogP contribution in [-0.4, -0.2) is 0 Å². The van der Waals surface area contributed by atoms with Gasteiger partial charge in [0.1, 0.15) is 0 Å². The second-order valence-corrected chi connectivity index (χ2v) is 20.3. The summed E-state index contributed by atoms with van der Waals surface area (Å²) in [6.07, 6.45) is 0. The molecule has 0 bridgehead atoms. The summed E-state index contributed by atoms with van der Waals surface area (Å²) in [4.78, 5) is 2.58. The van der Waals surface area contributed by atoms with Gasteiger partial charge in [-0.25, -0.2) is 0 Å². The van der Waals surface area contributed by atoms with Crippen LogP contribution in [0, 0.1) is 0 Å². The van der Waals surface area contributed by atoms with Crippen molar-refractivity contribution in [1.29, 1.82) is 0 Å². The first kappa shape index (κ1) is 41.1. The normalized spacial score (nSPS) is 13.0. The molecule has 14 aromatic carbocycles. The topological polar surface area (TPSA) is 3.24 Å². The van der Waals surface area contributed by atoms with Crippen LogP contribution in [0.15, 0.2) is 273 Å². The molecule has 0 saturated heterocycles. The highest BCUT2D eigenvalue weighted by Gasteiger charge is 2.52. The van der Waals surface area contributed by atoms with E-state index in [9.17, 15) is 0 Å². The molecule has 1 nitrogen and oxygen atoms in total. The van der Waals surface area contributed by atoms with Crippen molar-refractivity contribution < 1.29 is 0 Å². The SMILES string of the molecule is c1ccc2c(c1)-c1ccccc1C21c2ccccc2-c2cc(-c3ccc(-c4ccc5c(ccc6ccccc65)c4)cc3)c(N(c3ccc4c5ccccc5c5ccccc5c4c3)c3cccc4ccccc34)cc21. The zero-order chi connectivity index (χ0) is 48.5. The Kier molecular flexibility index (Phi) is 8.73. The number of benzene rings is 14. The highest BCUT2D eigenvalue weighted by atomic mass is 15.1. The van der Waals surface area contributed by atoms with Gasteiger partial charge in [-0.05, 0) is 157 Å². The van der Waals surface area contributed by atoms with Gasteiger partial charge in [-0.2, -0.15) is 0 Å². The molecule has 0 unspecified atom stereocenters. The monoisotopic (exact) mass is 935 g/mol. The van der Waals surface area contributed by atoms with E-state index >= 15 is 0 Å². The number of rotatable bonds is 5. The van der Waals surface area contributed by atoms with E-state index < -0.39 is 5.41 Å². The molecule has 0 aromatic heterocycles. The van der Waals surface area contributed by atoms with Gasteiger partial charge in [0.25, 0.3) is 0 Å². The van der Waals surface area contributed by atoms with Crippen molar-refractivity contribution in [2.24, 2.45) is 0 Å². The lowest BCUT2D eigenvalue weighted by Gasteiger charge is -2.34. The molecule has 14 aromatic rings. The largest absolute Gasteiger partial charge is 0.309 e. The maximum atomic E-state index is 2.58. The predicted molar refractivity (Wildman–Crippen MR) is 313 cm³/mol. The van der Waals surface area contributed by atoms with Crippen molar-refractivity contribution in [2.45, 2.75) is 5.41 Å². The third kappa shape index (κ3) is 5.75. The molecule has 16 rings (SSSR count). The van der Waals surface area contributed by atoms with E-state index in [1.54, 1.807) is 0 Å². The molecule has 0 fully saturated rings. The van der Waals surface area contributed by atoms with Crippen molar-refractivity contribution >= 4 is 81.7 Å². The number of hydrogen-bond donors (Lipinski definition) is 0. The molecule has 2 aliphatic carbocycles. The first-order valence-electron chi connectivity index (χ1n) is 25.8. The molecule has 2 aliphatic rings. The van der Waals surface area contributed by atoms with Crippen LogP contribution < -0.4 is 4.90 Å². The van der Waals surface area contributed by atoms with Crippen molar-refractivity contribution in [3.8, 4) is 44.5 Å². The number of fused-ring (bicyclic) bond motifs is 20. The third-order valence-corrected chi connectivity index (χ3v) is 16.6. The van der Waals surface area contributed by atoms with Gasteiger partial charge in [0.2, 0.25) is 0 Å². The van der Waals surface area contributed by atoms with E-state index in [-0.39, 0.29) is 0 Å². The van der Waals surface area contributed by atoms with E-state index in [4.69, 9.17) is 0 Å². The fraction of sp³-hybridized carbons (Fsp3) is 0.0137. The number of anilines is 3. The van der Waals surface area contributed by atoms with Crippen LogP contribution in [0.5, 0.6) is 0 Å². The first-order valence-corrected chi connectivity index (χ1v) is 25.8. The smallest absolute Gasteiger partial charge is 0.0726 e. The lowest BCUT2D eigenvalue weighted by Crippen LogP contribution is -2.26. The van der Waals surface area contributed by atoms with E-state index in [0.29, 0.717) is 0 Å². The van der Waals surface area contributed by atoms with E-state index in [0.717, 1.165) is 22.6 Å². The second kappa shape index (κ2) is 15.7.